The van der Waals surface area contributed by atoms with Crippen molar-refractivity contribution in [2.45, 2.75) is 45.8 Å². The van der Waals surface area contributed by atoms with Gasteiger partial charge in [-0.1, -0.05) is 19.9 Å². The number of hydrogen-bond donors (Lipinski definition) is 1. The normalized spacial score (nSPS) is 27.9. The molecule has 0 bridgehead atoms. The first kappa shape index (κ1) is 13.1. The minimum Gasteiger partial charge on any atom is -0.310 e. The van der Waals surface area contributed by atoms with Gasteiger partial charge >= 0.3 is 0 Å². The van der Waals surface area contributed by atoms with E-state index in [4.69, 9.17) is 0 Å². The number of nitrogens with zero attached hydrogens (tertiary/aromatic N) is 2. The Labute approximate surface area is 116 Å². The van der Waals surface area contributed by atoms with Crippen LogP contribution in [0.25, 0.3) is 0 Å². The zero-order chi connectivity index (χ0) is 13.2. The fourth-order valence-electron chi connectivity index (χ4n) is 2.81. The van der Waals surface area contributed by atoms with Crippen LogP contribution in [0.15, 0.2) is 18.3 Å². The minimum atomic E-state index is 0.771. The van der Waals surface area contributed by atoms with Crippen LogP contribution in [0.3, 0.4) is 0 Å². The Balaban J connectivity index is 1.50. The molecule has 2 aliphatic rings. The molecule has 2 unspecified atom stereocenters. The summed E-state index contributed by atoms with van der Waals surface area (Å²) < 4.78 is 0. The fourth-order valence-corrected chi connectivity index (χ4v) is 2.81. The van der Waals surface area contributed by atoms with Crippen LogP contribution in [0.5, 0.6) is 0 Å². The minimum absolute atomic E-state index is 0.771. The summed E-state index contributed by atoms with van der Waals surface area (Å²) in [6.45, 7) is 9.11. The molecule has 0 aromatic carbocycles. The SMILES string of the molecule is CC1CN(Cc2ccc(CNC3CC3)cn2)CC1C. The standard InChI is InChI=1S/C16H25N3/c1-12-9-19(10-13(12)2)11-16-4-3-14(8-18-16)7-17-15-5-6-15/h3-4,8,12-13,15,17H,5-7,9-11H2,1-2H3. The topological polar surface area (TPSA) is 28.2 Å². The highest BCUT2D eigenvalue weighted by Crippen LogP contribution is 2.23. The van der Waals surface area contributed by atoms with Crippen LogP contribution in [-0.4, -0.2) is 29.0 Å². The van der Waals surface area contributed by atoms with Gasteiger partial charge in [-0.25, -0.2) is 0 Å². The van der Waals surface area contributed by atoms with Crippen LogP contribution >= 0.6 is 0 Å². The molecule has 1 aliphatic heterocycles. The quantitative estimate of drug-likeness (QED) is 0.880. The first-order chi connectivity index (χ1) is 9.20. The highest BCUT2D eigenvalue weighted by atomic mass is 15.2. The first-order valence-corrected chi connectivity index (χ1v) is 7.60. The number of likely N-dealkylation sites (tertiary alicyclic amines) is 1. The second-order valence-corrected chi connectivity index (χ2v) is 6.46. The summed E-state index contributed by atoms with van der Waals surface area (Å²) in [6, 6.07) is 5.19. The van der Waals surface area contributed by atoms with Crippen molar-refractivity contribution in [3.8, 4) is 0 Å². The van der Waals surface area contributed by atoms with E-state index in [1.54, 1.807) is 0 Å². The van der Waals surface area contributed by atoms with Gasteiger partial charge in [-0.05, 0) is 36.3 Å². The van der Waals surface area contributed by atoms with Crippen LogP contribution in [0.1, 0.15) is 37.9 Å². The first-order valence-electron chi connectivity index (χ1n) is 7.60. The second-order valence-electron chi connectivity index (χ2n) is 6.46. The third-order valence-corrected chi connectivity index (χ3v) is 4.51. The van der Waals surface area contributed by atoms with E-state index in [1.165, 1.54) is 37.2 Å². The highest BCUT2D eigenvalue weighted by Gasteiger charge is 2.26. The lowest BCUT2D eigenvalue weighted by molar-refractivity contribution is 0.312. The maximum Gasteiger partial charge on any atom is 0.0544 e. The lowest BCUT2D eigenvalue weighted by Crippen LogP contribution is -2.21. The van der Waals surface area contributed by atoms with Crippen LogP contribution in [0.4, 0.5) is 0 Å². The number of rotatable bonds is 5. The van der Waals surface area contributed by atoms with E-state index in [0.717, 1.165) is 31.0 Å². The lowest BCUT2D eigenvalue weighted by Gasteiger charge is -2.14. The van der Waals surface area contributed by atoms with E-state index in [2.05, 4.69) is 41.2 Å². The van der Waals surface area contributed by atoms with E-state index in [-0.39, 0.29) is 0 Å². The van der Waals surface area contributed by atoms with Gasteiger partial charge in [0.05, 0.1) is 5.69 Å². The zero-order valence-electron chi connectivity index (χ0n) is 12.1. The van der Waals surface area contributed by atoms with Gasteiger partial charge < -0.3 is 5.32 Å². The van der Waals surface area contributed by atoms with Crippen molar-refractivity contribution in [2.24, 2.45) is 11.8 Å². The molecule has 1 aromatic rings. The summed E-state index contributed by atoms with van der Waals surface area (Å²) in [6.07, 6.45) is 4.72. The highest BCUT2D eigenvalue weighted by molar-refractivity contribution is 5.14. The molecule has 2 heterocycles. The average molecular weight is 259 g/mol. The molecule has 1 saturated carbocycles. The lowest BCUT2D eigenvalue weighted by atomic mass is 10.0. The Bertz CT molecular complexity index is 401. The molecule has 104 valence electrons. The number of pyridine rings is 1. The molecule has 1 saturated heterocycles. The monoisotopic (exact) mass is 259 g/mol. The summed E-state index contributed by atoms with van der Waals surface area (Å²) in [5.41, 5.74) is 2.51. The predicted octanol–water partition coefficient (Wildman–Crippen LogP) is 2.42. The molecule has 3 rings (SSSR count). The molecule has 0 amide bonds. The molecule has 2 fully saturated rings. The van der Waals surface area contributed by atoms with Crippen molar-refractivity contribution in [1.29, 1.82) is 0 Å². The predicted molar refractivity (Wildman–Crippen MR) is 77.7 cm³/mol. The van der Waals surface area contributed by atoms with Crippen LogP contribution in [0, 0.1) is 11.8 Å². The van der Waals surface area contributed by atoms with E-state index < -0.39 is 0 Å². The third kappa shape index (κ3) is 3.54. The second kappa shape index (κ2) is 5.59. The number of hydrogen-bond acceptors (Lipinski definition) is 3. The fraction of sp³-hybridized carbons (Fsp3) is 0.688. The molecule has 1 N–H and O–H groups in total. The molecule has 3 nitrogen and oxygen atoms in total. The molecule has 1 aromatic heterocycles. The maximum absolute atomic E-state index is 4.61. The summed E-state index contributed by atoms with van der Waals surface area (Å²) in [7, 11) is 0. The van der Waals surface area contributed by atoms with Crippen molar-refractivity contribution >= 4 is 0 Å². The Morgan fingerprint density at radius 2 is 1.95 bits per heavy atom. The van der Waals surface area contributed by atoms with Crippen molar-refractivity contribution < 1.29 is 0 Å². The smallest absolute Gasteiger partial charge is 0.0544 e. The Morgan fingerprint density at radius 3 is 2.53 bits per heavy atom. The largest absolute Gasteiger partial charge is 0.310 e. The average Bonchev–Trinajstić information content (AvgIpc) is 3.16. The van der Waals surface area contributed by atoms with E-state index in [1.807, 2.05) is 6.20 Å². The van der Waals surface area contributed by atoms with E-state index in [0.29, 0.717) is 0 Å². The van der Waals surface area contributed by atoms with Gasteiger partial charge in [0, 0.05) is 38.4 Å². The molecule has 3 heteroatoms. The van der Waals surface area contributed by atoms with Gasteiger partial charge in [-0.3, -0.25) is 9.88 Å². The van der Waals surface area contributed by atoms with Crippen LogP contribution in [0.2, 0.25) is 0 Å². The van der Waals surface area contributed by atoms with E-state index in [9.17, 15) is 0 Å². The number of nitrogens with one attached hydrogen (secondary N) is 1. The van der Waals surface area contributed by atoms with Gasteiger partial charge in [0.15, 0.2) is 0 Å². The van der Waals surface area contributed by atoms with Gasteiger partial charge in [-0.15, -0.1) is 0 Å². The Hall–Kier alpha value is -0.930. The molecule has 2 atom stereocenters. The van der Waals surface area contributed by atoms with Crippen LogP contribution < -0.4 is 5.32 Å². The van der Waals surface area contributed by atoms with Gasteiger partial charge in [0.25, 0.3) is 0 Å². The van der Waals surface area contributed by atoms with Gasteiger partial charge in [0.1, 0.15) is 0 Å². The van der Waals surface area contributed by atoms with Crippen molar-refractivity contribution in [1.82, 2.24) is 15.2 Å². The Morgan fingerprint density at radius 1 is 1.21 bits per heavy atom. The summed E-state index contributed by atoms with van der Waals surface area (Å²) in [5, 5.41) is 3.53. The summed E-state index contributed by atoms with van der Waals surface area (Å²) in [5.74, 6) is 1.64. The molecule has 0 spiro atoms. The van der Waals surface area contributed by atoms with Crippen LogP contribution in [-0.2, 0) is 13.1 Å². The molecule has 0 radical (unpaired) electrons. The maximum atomic E-state index is 4.61. The third-order valence-electron chi connectivity index (χ3n) is 4.51. The van der Waals surface area contributed by atoms with E-state index >= 15 is 0 Å². The molecular formula is C16H25N3. The van der Waals surface area contributed by atoms with Crippen molar-refractivity contribution in [3.63, 3.8) is 0 Å². The van der Waals surface area contributed by atoms with Gasteiger partial charge in [0.2, 0.25) is 0 Å². The molecular weight excluding hydrogens is 234 g/mol. The number of aromatic nitrogens is 1. The van der Waals surface area contributed by atoms with Crippen molar-refractivity contribution in [2.75, 3.05) is 13.1 Å². The molecule has 19 heavy (non-hydrogen) atoms. The molecule has 1 aliphatic carbocycles. The van der Waals surface area contributed by atoms with Gasteiger partial charge in [-0.2, -0.15) is 0 Å². The van der Waals surface area contributed by atoms with Crippen molar-refractivity contribution in [3.05, 3.63) is 29.6 Å². The Kier molecular flexibility index (Phi) is 3.85. The summed E-state index contributed by atoms with van der Waals surface area (Å²) in [4.78, 5) is 7.14. The summed E-state index contributed by atoms with van der Waals surface area (Å²) >= 11 is 0. The zero-order valence-corrected chi connectivity index (χ0v) is 12.1.